The standard InChI is InChI=1S/C16H14N4O2S/c1-20-9-12(8-18-20)16-19-14(11-23-16)10-22-15(21)6-5-13-4-2-3-7-17-13/h2-9,11H,10H2,1H3/b6-5+. The van der Waals surface area contributed by atoms with E-state index in [0.717, 1.165) is 10.6 Å². The number of nitrogens with zero attached hydrogens (tertiary/aromatic N) is 4. The van der Waals surface area contributed by atoms with Gasteiger partial charge in [0.05, 0.1) is 17.6 Å². The Balaban J connectivity index is 1.55. The topological polar surface area (TPSA) is 69.9 Å². The maximum atomic E-state index is 11.7. The van der Waals surface area contributed by atoms with Gasteiger partial charge in [0.2, 0.25) is 0 Å². The first-order valence-corrected chi connectivity index (χ1v) is 7.78. The minimum Gasteiger partial charge on any atom is -0.456 e. The Labute approximate surface area is 137 Å². The van der Waals surface area contributed by atoms with Crippen LogP contribution in [0, 0.1) is 0 Å². The first-order chi connectivity index (χ1) is 11.2. The number of aromatic nitrogens is 4. The average molecular weight is 326 g/mol. The molecule has 0 fully saturated rings. The van der Waals surface area contributed by atoms with Crippen LogP contribution >= 0.6 is 11.3 Å². The third-order valence-corrected chi connectivity index (χ3v) is 3.88. The maximum absolute atomic E-state index is 11.7. The second kappa shape index (κ2) is 6.97. The van der Waals surface area contributed by atoms with Gasteiger partial charge < -0.3 is 4.74 Å². The molecule has 0 aliphatic carbocycles. The molecule has 0 aliphatic heterocycles. The molecule has 0 N–H and O–H groups in total. The van der Waals surface area contributed by atoms with E-state index in [4.69, 9.17) is 4.74 Å². The largest absolute Gasteiger partial charge is 0.456 e. The monoisotopic (exact) mass is 326 g/mol. The van der Waals surface area contributed by atoms with E-state index in [-0.39, 0.29) is 6.61 Å². The highest BCUT2D eigenvalue weighted by Crippen LogP contribution is 2.23. The summed E-state index contributed by atoms with van der Waals surface area (Å²) in [7, 11) is 1.85. The molecule has 23 heavy (non-hydrogen) atoms. The summed E-state index contributed by atoms with van der Waals surface area (Å²) in [5.74, 6) is -0.424. The fourth-order valence-electron chi connectivity index (χ4n) is 1.86. The molecule has 116 valence electrons. The van der Waals surface area contributed by atoms with Gasteiger partial charge in [-0.25, -0.2) is 9.78 Å². The predicted octanol–water partition coefficient (Wildman–Crippen LogP) is 2.70. The maximum Gasteiger partial charge on any atom is 0.331 e. The van der Waals surface area contributed by atoms with Gasteiger partial charge in [0.15, 0.2) is 0 Å². The van der Waals surface area contributed by atoms with Crippen molar-refractivity contribution in [2.45, 2.75) is 6.61 Å². The van der Waals surface area contributed by atoms with Crippen LogP contribution in [0.4, 0.5) is 0 Å². The van der Waals surface area contributed by atoms with Crippen molar-refractivity contribution in [2.75, 3.05) is 0 Å². The Hall–Kier alpha value is -2.80. The summed E-state index contributed by atoms with van der Waals surface area (Å²) in [6.07, 6.45) is 8.29. The van der Waals surface area contributed by atoms with Crippen molar-refractivity contribution in [2.24, 2.45) is 7.05 Å². The van der Waals surface area contributed by atoms with E-state index >= 15 is 0 Å². The molecule has 0 unspecified atom stereocenters. The molecule has 3 aromatic rings. The third-order valence-electron chi connectivity index (χ3n) is 2.94. The van der Waals surface area contributed by atoms with Crippen LogP contribution in [0.2, 0.25) is 0 Å². The Kier molecular flexibility index (Phi) is 4.58. The zero-order valence-electron chi connectivity index (χ0n) is 12.4. The molecule has 0 atom stereocenters. The number of esters is 1. The summed E-state index contributed by atoms with van der Waals surface area (Å²) < 4.78 is 6.90. The van der Waals surface area contributed by atoms with E-state index in [0.29, 0.717) is 11.4 Å². The molecule has 3 heterocycles. The Morgan fingerprint density at radius 2 is 2.35 bits per heavy atom. The van der Waals surface area contributed by atoms with Gasteiger partial charge in [-0.2, -0.15) is 5.10 Å². The Bertz CT molecular complexity index is 823. The summed E-state index contributed by atoms with van der Waals surface area (Å²) >= 11 is 1.49. The normalized spacial score (nSPS) is 11.0. The average Bonchev–Trinajstić information content (AvgIpc) is 3.20. The number of hydrogen-bond donors (Lipinski definition) is 0. The van der Waals surface area contributed by atoms with Crippen molar-refractivity contribution in [3.05, 3.63) is 59.6 Å². The van der Waals surface area contributed by atoms with Crippen LogP contribution < -0.4 is 0 Å². The van der Waals surface area contributed by atoms with E-state index in [1.165, 1.54) is 17.4 Å². The van der Waals surface area contributed by atoms with Crippen LogP contribution in [0.5, 0.6) is 0 Å². The van der Waals surface area contributed by atoms with E-state index in [1.807, 2.05) is 36.8 Å². The quantitative estimate of drug-likeness (QED) is 0.532. The van der Waals surface area contributed by atoms with Gasteiger partial charge in [0.25, 0.3) is 0 Å². The first kappa shape index (κ1) is 15.1. The summed E-state index contributed by atoms with van der Waals surface area (Å²) in [5.41, 5.74) is 2.37. The molecule has 0 aliphatic rings. The number of ether oxygens (including phenoxy) is 1. The molecular formula is C16H14N4O2S. The lowest BCUT2D eigenvalue weighted by Gasteiger charge is -1.98. The van der Waals surface area contributed by atoms with Crippen LogP contribution in [0.1, 0.15) is 11.4 Å². The van der Waals surface area contributed by atoms with Gasteiger partial charge in [0, 0.05) is 36.5 Å². The molecule has 3 aromatic heterocycles. The molecule has 0 aromatic carbocycles. The van der Waals surface area contributed by atoms with Crippen molar-refractivity contribution >= 4 is 23.4 Å². The highest BCUT2D eigenvalue weighted by molar-refractivity contribution is 7.13. The summed E-state index contributed by atoms with van der Waals surface area (Å²) in [6, 6.07) is 5.48. The Morgan fingerprint density at radius 1 is 1.43 bits per heavy atom. The minimum atomic E-state index is -0.424. The fraction of sp³-hybridized carbons (Fsp3) is 0.125. The minimum absolute atomic E-state index is 0.141. The van der Waals surface area contributed by atoms with Crippen LogP contribution in [0.15, 0.2) is 48.2 Å². The zero-order valence-corrected chi connectivity index (χ0v) is 13.2. The molecule has 6 nitrogen and oxygen atoms in total. The lowest BCUT2D eigenvalue weighted by atomic mass is 10.3. The number of carbonyl (C=O) groups is 1. The lowest BCUT2D eigenvalue weighted by molar-refractivity contribution is -0.139. The van der Waals surface area contributed by atoms with Gasteiger partial charge >= 0.3 is 5.97 Å². The summed E-state index contributed by atoms with van der Waals surface area (Å²) in [4.78, 5) is 20.2. The number of aryl methyl sites for hydroxylation is 1. The molecule has 0 saturated heterocycles. The molecule has 0 bridgehead atoms. The smallest absolute Gasteiger partial charge is 0.331 e. The van der Waals surface area contributed by atoms with Crippen molar-refractivity contribution < 1.29 is 9.53 Å². The van der Waals surface area contributed by atoms with Gasteiger partial charge in [-0.1, -0.05) is 6.07 Å². The van der Waals surface area contributed by atoms with Crippen molar-refractivity contribution in [1.82, 2.24) is 19.7 Å². The zero-order chi connectivity index (χ0) is 16.1. The lowest BCUT2D eigenvalue weighted by Crippen LogP contribution is -2.01. The van der Waals surface area contributed by atoms with E-state index in [9.17, 15) is 4.79 Å². The predicted molar refractivity (Wildman–Crippen MR) is 87.4 cm³/mol. The number of thiazole rings is 1. The highest BCUT2D eigenvalue weighted by Gasteiger charge is 2.08. The third kappa shape index (κ3) is 4.10. The number of hydrogen-bond acceptors (Lipinski definition) is 6. The van der Waals surface area contributed by atoms with E-state index < -0.39 is 5.97 Å². The van der Waals surface area contributed by atoms with Crippen LogP contribution in [0.3, 0.4) is 0 Å². The first-order valence-electron chi connectivity index (χ1n) is 6.90. The number of carbonyl (C=O) groups excluding carboxylic acids is 1. The van der Waals surface area contributed by atoms with Crippen molar-refractivity contribution in [3.8, 4) is 10.6 Å². The highest BCUT2D eigenvalue weighted by atomic mass is 32.1. The van der Waals surface area contributed by atoms with Crippen molar-refractivity contribution in [1.29, 1.82) is 0 Å². The molecule has 0 amide bonds. The molecule has 7 heteroatoms. The SMILES string of the molecule is Cn1cc(-c2nc(COC(=O)/C=C/c3ccccn3)cs2)cn1. The fourth-order valence-corrected chi connectivity index (χ4v) is 2.64. The second-order valence-corrected chi connectivity index (χ2v) is 5.60. The van der Waals surface area contributed by atoms with Crippen LogP contribution in [-0.4, -0.2) is 25.7 Å². The van der Waals surface area contributed by atoms with E-state index in [1.54, 1.807) is 23.2 Å². The molecule has 0 spiro atoms. The van der Waals surface area contributed by atoms with Gasteiger partial charge in [0.1, 0.15) is 11.6 Å². The molecule has 3 rings (SSSR count). The van der Waals surface area contributed by atoms with Gasteiger partial charge in [-0.3, -0.25) is 9.67 Å². The van der Waals surface area contributed by atoms with Gasteiger partial charge in [-0.05, 0) is 18.2 Å². The molecular weight excluding hydrogens is 312 g/mol. The summed E-state index contributed by atoms with van der Waals surface area (Å²) in [6.45, 7) is 0.141. The molecule has 0 saturated carbocycles. The summed E-state index contributed by atoms with van der Waals surface area (Å²) in [5, 5.41) is 6.84. The van der Waals surface area contributed by atoms with E-state index in [2.05, 4.69) is 15.1 Å². The number of pyridine rings is 1. The van der Waals surface area contributed by atoms with Gasteiger partial charge in [-0.15, -0.1) is 11.3 Å². The van der Waals surface area contributed by atoms with Crippen LogP contribution in [-0.2, 0) is 23.2 Å². The number of rotatable bonds is 5. The second-order valence-electron chi connectivity index (χ2n) is 4.74. The molecule has 0 radical (unpaired) electrons. The Morgan fingerprint density at radius 3 is 3.09 bits per heavy atom. The van der Waals surface area contributed by atoms with Crippen molar-refractivity contribution in [3.63, 3.8) is 0 Å². The van der Waals surface area contributed by atoms with Crippen LogP contribution in [0.25, 0.3) is 16.6 Å².